The zero-order valence-electron chi connectivity index (χ0n) is 15.5. The average Bonchev–Trinajstić information content (AvgIpc) is 3.17. The Bertz CT molecular complexity index is 1080. The van der Waals surface area contributed by atoms with Crippen molar-refractivity contribution in [3.63, 3.8) is 0 Å². The van der Waals surface area contributed by atoms with Crippen molar-refractivity contribution in [1.82, 2.24) is 8.87 Å². The molecule has 5 nitrogen and oxygen atoms in total. The highest BCUT2D eigenvalue weighted by Gasteiger charge is 2.38. The fraction of sp³-hybridized carbons (Fsp3) is 0.238. The predicted molar refractivity (Wildman–Crippen MR) is 109 cm³/mol. The first kappa shape index (κ1) is 19.1. The number of halogens is 1. The number of benzene rings is 2. The van der Waals surface area contributed by atoms with E-state index in [0.717, 1.165) is 17.0 Å². The van der Waals surface area contributed by atoms with Crippen molar-refractivity contribution in [1.29, 1.82) is 0 Å². The van der Waals surface area contributed by atoms with Gasteiger partial charge < -0.3 is 9.30 Å². The lowest BCUT2D eigenvalue weighted by Crippen LogP contribution is -2.42. The van der Waals surface area contributed by atoms with Gasteiger partial charge in [0.2, 0.25) is 10.0 Å². The van der Waals surface area contributed by atoms with Crippen molar-refractivity contribution in [2.75, 3.05) is 13.2 Å². The lowest BCUT2D eigenvalue weighted by molar-refractivity contribution is 0.298. The van der Waals surface area contributed by atoms with E-state index in [-0.39, 0.29) is 9.92 Å². The van der Waals surface area contributed by atoms with Crippen LogP contribution in [-0.4, -0.2) is 30.4 Å². The molecule has 0 bridgehead atoms. The molecule has 0 radical (unpaired) electrons. The third-order valence-corrected chi connectivity index (χ3v) is 7.29. The Balaban J connectivity index is 1.81. The molecule has 0 saturated carbocycles. The molecule has 146 valence electrons. The number of aromatic nitrogens is 1. The van der Waals surface area contributed by atoms with Crippen LogP contribution in [0, 0.1) is 0 Å². The summed E-state index contributed by atoms with van der Waals surface area (Å²) in [7, 11) is -3.77. The van der Waals surface area contributed by atoms with Crippen molar-refractivity contribution in [2.24, 2.45) is 0 Å². The zero-order valence-corrected chi connectivity index (χ0v) is 17.0. The van der Waals surface area contributed by atoms with E-state index in [1.54, 1.807) is 28.6 Å². The summed E-state index contributed by atoms with van der Waals surface area (Å²) in [4.78, 5) is 0.132. The highest BCUT2D eigenvalue weighted by molar-refractivity contribution is 7.89. The topological polar surface area (TPSA) is 51.5 Å². The smallest absolute Gasteiger partial charge is 0.245 e. The number of hydrogen-bond acceptors (Lipinski definition) is 3. The van der Waals surface area contributed by atoms with Crippen LogP contribution in [-0.2, 0) is 16.6 Å². The lowest BCUT2D eigenvalue weighted by atomic mass is 10.0. The second-order valence-electron chi connectivity index (χ2n) is 6.58. The molecule has 2 heterocycles. The maximum atomic E-state index is 13.5. The first-order valence-electron chi connectivity index (χ1n) is 9.16. The van der Waals surface area contributed by atoms with Gasteiger partial charge in [0, 0.05) is 25.0 Å². The SMILES string of the molecule is CCOc1ccc(C2c3cccn3CCN2S(=O)(=O)c2ccccc2Cl)cc1. The summed E-state index contributed by atoms with van der Waals surface area (Å²) < 4.78 is 36.2. The van der Waals surface area contributed by atoms with E-state index in [1.165, 1.54) is 0 Å². The summed E-state index contributed by atoms with van der Waals surface area (Å²) in [6.45, 7) is 3.48. The van der Waals surface area contributed by atoms with Crippen molar-refractivity contribution in [3.8, 4) is 5.75 Å². The molecule has 1 aromatic heterocycles. The van der Waals surface area contributed by atoms with Crippen LogP contribution in [0.25, 0.3) is 0 Å². The summed E-state index contributed by atoms with van der Waals surface area (Å²) in [5, 5.41) is 0.230. The minimum absolute atomic E-state index is 0.132. The lowest BCUT2D eigenvalue weighted by Gasteiger charge is -2.36. The van der Waals surface area contributed by atoms with Crippen LogP contribution in [0.1, 0.15) is 24.2 Å². The van der Waals surface area contributed by atoms with Gasteiger partial charge in [-0.3, -0.25) is 0 Å². The van der Waals surface area contributed by atoms with Gasteiger partial charge in [-0.15, -0.1) is 0 Å². The van der Waals surface area contributed by atoms with Gasteiger partial charge in [0.25, 0.3) is 0 Å². The molecule has 28 heavy (non-hydrogen) atoms. The number of ether oxygens (including phenoxy) is 1. The molecule has 1 aliphatic rings. The molecule has 0 aliphatic carbocycles. The van der Waals surface area contributed by atoms with E-state index < -0.39 is 16.1 Å². The third kappa shape index (κ3) is 3.32. The summed E-state index contributed by atoms with van der Waals surface area (Å²) >= 11 is 6.23. The maximum absolute atomic E-state index is 13.5. The first-order valence-corrected chi connectivity index (χ1v) is 11.0. The number of fused-ring (bicyclic) bond motifs is 1. The quantitative estimate of drug-likeness (QED) is 0.621. The molecule has 0 amide bonds. The molecule has 4 rings (SSSR count). The molecule has 0 spiro atoms. The molecule has 0 saturated heterocycles. The molecular weight excluding hydrogens is 396 g/mol. The molecular formula is C21H21ClN2O3S. The molecule has 2 aromatic carbocycles. The fourth-order valence-electron chi connectivity index (χ4n) is 3.65. The average molecular weight is 417 g/mol. The maximum Gasteiger partial charge on any atom is 0.245 e. The molecule has 0 N–H and O–H groups in total. The van der Waals surface area contributed by atoms with E-state index in [2.05, 4.69) is 4.57 Å². The standard InChI is InChI=1S/C21H21ClN2O3S/c1-2-27-17-11-9-16(10-12-17)21-19-7-5-13-23(19)14-15-24(21)28(25,26)20-8-4-3-6-18(20)22/h3-13,21H,2,14-15H2,1H3. The van der Waals surface area contributed by atoms with Gasteiger partial charge in [-0.05, 0) is 48.9 Å². The summed E-state index contributed by atoms with van der Waals surface area (Å²) in [5.41, 5.74) is 1.82. The Labute approximate surface area is 170 Å². The van der Waals surface area contributed by atoms with Crippen LogP contribution < -0.4 is 4.74 Å². The summed E-state index contributed by atoms with van der Waals surface area (Å²) in [6, 6.07) is 17.7. The number of hydrogen-bond donors (Lipinski definition) is 0. The highest BCUT2D eigenvalue weighted by Crippen LogP contribution is 2.38. The monoisotopic (exact) mass is 416 g/mol. The van der Waals surface area contributed by atoms with Crippen LogP contribution in [0.2, 0.25) is 5.02 Å². The van der Waals surface area contributed by atoms with E-state index in [1.807, 2.05) is 49.5 Å². The fourth-order valence-corrected chi connectivity index (χ4v) is 5.73. The van der Waals surface area contributed by atoms with Gasteiger partial charge in [0.1, 0.15) is 10.6 Å². The van der Waals surface area contributed by atoms with E-state index in [9.17, 15) is 8.42 Å². The van der Waals surface area contributed by atoms with E-state index >= 15 is 0 Å². The summed E-state index contributed by atoms with van der Waals surface area (Å²) in [5.74, 6) is 0.762. The second kappa shape index (κ2) is 7.62. The van der Waals surface area contributed by atoms with E-state index in [4.69, 9.17) is 16.3 Å². The van der Waals surface area contributed by atoms with Crippen molar-refractivity contribution >= 4 is 21.6 Å². The third-order valence-electron chi connectivity index (χ3n) is 4.92. The predicted octanol–water partition coefficient (Wildman–Crippen LogP) is 4.33. The Morgan fingerprint density at radius 2 is 1.79 bits per heavy atom. The summed E-state index contributed by atoms with van der Waals surface area (Å²) in [6.07, 6.45) is 1.98. The van der Waals surface area contributed by atoms with E-state index in [0.29, 0.717) is 19.7 Å². The zero-order chi connectivity index (χ0) is 19.7. The molecule has 1 unspecified atom stereocenters. The number of nitrogens with zero attached hydrogens (tertiary/aromatic N) is 2. The number of rotatable bonds is 5. The molecule has 3 aromatic rings. The Kier molecular flexibility index (Phi) is 5.19. The van der Waals surface area contributed by atoms with Crippen LogP contribution in [0.3, 0.4) is 0 Å². The minimum Gasteiger partial charge on any atom is -0.494 e. The van der Waals surface area contributed by atoms with Gasteiger partial charge in [0.05, 0.1) is 17.7 Å². The molecule has 7 heteroatoms. The van der Waals surface area contributed by atoms with Crippen LogP contribution in [0.4, 0.5) is 0 Å². The molecule has 1 aliphatic heterocycles. The Hall–Kier alpha value is -2.28. The largest absolute Gasteiger partial charge is 0.494 e. The van der Waals surface area contributed by atoms with Gasteiger partial charge in [0.15, 0.2) is 0 Å². The second-order valence-corrected chi connectivity index (χ2v) is 8.84. The highest BCUT2D eigenvalue weighted by atomic mass is 35.5. The van der Waals surface area contributed by atoms with Crippen molar-refractivity contribution < 1.29 is 13.2 Å². The normalized spacial score (nSPS) is 17.3. The van der Waals surface area contributed by atoms with Gasteiger partial charge >= 0.3 is 0 Å². The van der Waals surface area contributed by atoms with Crippen LogP contribution in [0.15, 0.2) is 71.8 Å². The van der Waals surface area contributed by atoms with Gasteiger partial charge in [-0.25, -0.2) is 8.42 Å². The van der Waals surface area contributed by atoms with Gasteiger partial charge in [-0.2, -0.15) is 4.31 Å². The Morgan fingerprint density at radius 1 is 1.04 bits per heavy atom. The molecule has 1 atom stereocenters. The van der Waals surface area contributed by atoms with Crippen molar-refractivity contribution in [3.05, 3.63) is 83.1 Å². The van der Waals surface area contributed by atoms with Crippen LogP contribution in [0.5, 0.6) is 5.75 Å². The van der Waals surface area contributed by atoms with Gasteiger partial charge in [-0.1, -0.05) is 35.9 Å². The molecule has 0 fully saturated rings. The first-order chi connectivity index (χ1) is 13.5. The van der Waals surface area contributed by atoms with Crippen molar-refractivity contribution in [2.45, 2.75) is 24.4 Å². The Morgan fingerprint density at radius 3 is 2.50 bits per heavy atom. The number of sulfonamides is 1. The van der Waals surface area contributed by atoms with Crippen LogP contribution >= 0.6 is 11.6 Å². The minimum atomic E-state index is -3.77.